The van der Waals surface area contributed by atoms with Gasteiger partial charge in [0.25, 0.3) is 0 Å². The minimum Gasteiger partial charge on any atom is -0.465 e. The van der Waals surface area contributed by atoms with E-state index in [1.165, 1.54) is 5.56 Å². The third-order valence-electron chi connectivity index (χ3n) is 2.92. The van der Waals surface area contributed by atoms with Gasteiger partial charge in [0.05, 0.1) is 12.6 Å². The van der Waals surface area contributed by atoms with E-state index in [1.54, 1.807) is 0 Å². The van der Waals surface area contributed by atoms with E-state index in [2.05, 4.69) is 5.32 Å². The standard InChI is InChI=1S/C13H19NO3/c1-10(12(9-15)14-13(16)17)7-8-11-5-3-2-4-6-11/h2-6,10,12,14-15H,7-9H2,1H3,(H,16,17)/t10?,12-/m0/s1. The number of benzene rings is 1. The van der Waals surface area contributed by atoms with Crippen LogP contribution in [0, 0.1) is 5.92 Å². The third kappa shape index (κ3) is 4.87. The second-order valence-electron chi connectivity index (χ2n) is 4.24. The zero-order chi connectivity index (χ0) is 12.7. The normalized spacial score (nSPS) is 14.0. The van der Waals surface area contributed by atoms with Gasteiger partial charge in [-0.2, -0.15) is 0 Å². The van der Waals surface area contributed by atoms with Crippen LogP contribution in [0.25, 0.3) is 0 Å². The van der Waals surface area contributed by atoms with Crippen LogP contribution in [0.4, 0.5) is 4.79 Å². The Morgan fingerprint density at radius 1 is 1.35 bits per heavy atom. The van der Waals surface area contributed by atoms with E-state index >= 15 is 0 Å². The number of nitrogens with one attached hydrogen (secondary N) is 1. The lowest BCUT2D eigenvalue weighted by molar-refractivity contribution is 0.162. The molecular formula is C13H19NO3. The number of carboxylic acid groups (broad SMARTS) is 1. The second-order valence-corrected chi connectivity index (χ2v) is 4.24. The van der Waals surface area contributed by atoms with Crippen LogP contribution in [0.1, 0.15) is 18.9 Å². The van der Waals surface area contributed by atoms with Crippen molar-refractivity contribution in [1.82, 2.24) is 5.32 Å². The lowest BCUT2D eigenvalue weighted by Gasteiger charge is -2.21. The van der Waals surface area contributed by atoms with Gasteiger partial charge >= 0.3 is 6.09 Å². The van der Waals surface area contributed by atoms with Gasteiger partial charge in [0, 0.05) is 0 Å². The van der Waals surface area contributed by atoms with Gasteiger partial charge in [0.15, 0.2) is 0 Å². The Hall–Kier alpha value is -1.55. The lowest BCUT2D eigenvalue weighted by Crippen LogP contribution is -2.41. The van der Waals surface area contributed by atoms with Gasteiger partial charge in [-0.05, 0) is 24.3 Å². The van der Waals surface area contributed by atoms with Gasteiger partial charge in [0.2, 0.25) is 0 Å². The average molecular weight is 237 g/mol. The smallest absolute Gasteiger partial charge is 0.404 e. The molecule has 0 aliphatic carbocycles. The van der Waals surface area contributed by atoms with Gasteiger partial charge in [-0.25, -0.2) is 4.79 Å². The molecule has 0 saturated heterocycles. The second kappa shape index (κ2) is 6.91. The minimum absolute atomic E-state index is 0.108. The Kier molecular flexibility index (Phi) is 5.49. The molecule has 2 atom stereocenters. The van der Waals surface area contributed by atoms with E-state index in [4.69, 9.17) is 10.2 Å². The fourth-order valence-corrected chi connectivity index (χ4v) is 1.77. The summed E-state index contributed by atoms with van der Waals surface area (Å²) in [5.41, 5.74) is 1.23. The maximum atomic E-state index is 10.5. The molecule has 0 heterocycles. The number of hydrogen-bond donors (Lipinski definition) is 3. The van der Waals surface area contributed by atoms with E-state index in [-0.39, 0.29) is 12.5 Å². The summed E-state index contributed by atoms with van der Waals surface area (Å²) in [6.45, 7) is 1.78. The number of rotatable bonds is 6. The number of aliphatic hydroxyl groups is 1. The van der Waals surface area contributed by atoms with Gasteiger partial charge in [-0.1, -0.05) is 37.3 Å². The molecule has 3 N–H and O–H groups in total. The molecule has 1 rings (SSSR count). The molecule has 1 unspecified atom stereocenters. The quantitative estimate of drug-likeness (QED) is 0.707. The molecule has 0 aliphatic heterocycles. The van der Waals surface area contributed by atoms with Crippen LogP contribution >= 0.6 is 0 Å². The fraction of sp³-hybridized carbons (Fsp3) is 0.462. The van der Waals surface area contributed by atoms with E-state index in [9.17, 15) is 4.79 Å². The SMILES string of the molecule is CC(CCc1ccccc1)[C@H](CO)NC(=O)O. The Balaban J connectivity index is 2.42. The highest BCUT2D eigenvalue weighted by atomic mass is 16.4. The van der Waals surface area contributed by atoms with Gasteiger partial charge in [-0.15, -0.1) is 0 Å². The zero-order valence-electron chi connectivity index (χ0n) is 9.97. The highest BCUT2D eigenvalue weighted by molar-refractivity contribution is 5.64. The highest BCUT2D eigenvalue weighted by Gasteiger charge is 2.17. The summed E-state index contributed by atoms with van der Waals surface area (Å²) < 4.78 is 0. The summed E-state index contributed by atoms with van der Waals surface area (Å²) in [5.74, 6) is 0.108. The van der Waals surface area contributed by atoms with Crippen molar-refractivity contribution in [3.05, 3.63) is 35.9 Å². The maximum Gasteiger partial charge on any atom is 0.404 e. The fourth-order valence-electron chi connectivity index (χ4n) is 1.77. The summed E-state index contributed by atoms with van der Waals surface area (Å²) >= 11 is 0. The zero-order valence-corrected chi connectivity index (χ0v) is 9.97. The Bertz CT molecular complexity index is 340. The Morgan fingerprint density at radius 2 is 2.00 bits per heavy atom. The topological polar surface area (TPSA) is 69.6 Å². The molecule has 0 radical (unpaired) electrons. The molecule has 4 heteroatoms. The highest BCUT2D eigenvalue weighted by Crippen LogP contribution is 2.13. The molecular weight excluding hydrogens is 218 g/mol. The van der Waals surface area contributed by atoms with Crippen molar-refractivity contribution in [2.45, 2.75) is 25.8 Å². The molecule has 0 fully saturated rings. The van der Waals surface area contributed by atoms with E-state index in [0.717, 1.165) is 12.8 Å². The van der Waals surface area contributed by atoms with E-state index in [0.29, 0.717) is 0 Å². The predicted molar refractivity (Wildman–Crippen MR) is 66.0 cm³/mol. The molecule has 0 saturated carbocycles. The monoisotopic (exact) mass is 237 g/mol. The summed E-state index contributed by atoms with van der Waals surface area (Å²) in [6.07, 6.45) is 0.644. The van der Waals surface area contributed by atoms with Crippen LogP contribution in [-0.4, -0.2) is 29.0 Å². The summed E-state index contributed by atoms with van der Waals surface area (Å²) in [6, 6.07) is 9.64. The van der Waals surface area contributed by atoms with Gasteiger partial charge < -0.3 is 15.5 Å². The van der Waals surface area contributed by atoms with Crippen molar-refractivity contribution in [3.8, 4) is 0 Å². The molecule has 1 aromatic rings. The van der Waals surface area contributed by atoms with Crippen molar-refractivity contribution < 1.29 is 15.0 Å². The van der Waals surface area contributed by atoms with Crippen molar-refractivity contribution in [2.24, 2.45) is 5.92 Å². The number of hydrogen-bond acceptors (Lipinski definition) is 2. The first kappa shape index (κ1) is 13.5. The number of aliphatic hydroxyl groups excluding tert-OH is 1. The average Bonchev–Trinajstić information content (AvgIpc) is 2.34. The molecule has 94 valence electrons. The van der Waals surface area contributed by atoms with Crippen molar-refractivity contribution in [1.29, 1.82) is 0 Å². The lowest BCUT2D eigenvalue weighted by atomic mass is 9.95. The molecule has 1 aromatic carbocycles. The number of amides is 1. The molecule has 0 bridgehead atoms. The van der Waals surface area contributed by atoms with Crippen LogP contribution in [0.5, 0.6) is 0 Å². The maximum absolute atomic E-state index is 10.5. The first-order valence-corrected chi connectivity index (χ1v) is 5.77. The molecule has 1 amide bonds. The summed E-state index contributed by atoms with van der Waals surface area (Å²) in [7, 11) is 0. The number of carbonyl (C=O) groups is 1. The van der Waals surface area contributed by atoms with Gasteiger partial charge in [0.1, 0.15) is 0 Å². The van der Waals surface area contributed by atoms with Gasteiger partial charge in [-0.3, -0.25) is 0 Å². The molecule has 4 nitrogen and oxygen atoms in total. The van der Waals surface area contributed by atoms with E-state index in [1.807, 2.05) is 37.3 Å². The summed E-state index contributed by atoms with van der Waals surface area (Å²) in [4.78, 5) is 10.5. The van der Waals surface area contributed by atoms with Crippen LogP contribution < -0.4 is 5.32 Å². The number of aryl methyl sites for hydroxylation is 1. The molecule has 0 aliphatic rings. The molecule has 0 spiro atoms. The molecule has 0 aromatic heterocycles. The van der Waals surface area contributed by atoms with Crippen LogP contribution in [0.2, 0.25) is 0 Å². The minimum atomic E-state index is -1.09. The largest absolute Gasteiger partial charge is 0.465 e. The van der Waals surface area contributed by atoms with Crippen molar-refractivity contribution >= 4 is 6.09 Å². The predicted octanol–water partition coefficient (Wildman–Crippen LogP) is 1.88. The van der Waals surface area contributed by atoms with Crippen LogP contribution in [0.15, 0.2) is 30.3 Å². The molecule has 17 heavy (non-hydrogen) atoms. The van der Waals surface area contributed by atoms with Crippen LogP contribution in [0.3, 0.4) is 0 Å². The third-order valence-corrected chi connectivity index (χ3v) is 2.92. The first-order valence-electron chi connectivity index (χ1n) is 5.77. The van der Waals surface area contributed by atoms with Crippen molar-refractivity contribution in [3.63, 3.8) is 0 Å². The van der Waals surface area contributed by atoms with E-state index < -0.39 is 12.1 Å². The van der Waals surface area contributed by atoms with Crippen molar-refractivity contribution in [2.75, 3.05) is 6.61 Å². The Morgan fingerprint density at radius 3 is 2.53 bits per heavy atom. The summed E-state index contributed by atoms with van der Waals surface area (Å²) in [5, 5.41) is 20.1. The van der Waals surface area contributed by atoms with Crippen LogP contribution in [-0.2, 0) is 6.42 Å². The first-order chi connectivity index (χ1) is 8.13. The Labute approximate surface area is 101 Å².